The van der Waals surface area contributed by atoms with Crippen LogP contribution in [0, 0.1) is 5.92 Å². The predicted molar refractivity (Wildman–Crippen MR) is 217 cm³/mol. The van der Waals surface area contributed by atoms with E-state index in [2.05, 4.69) is 59.3 Å². The molecule has 0 aliphatic carbocycles. The molecule has 0 spiro atoms. The number of carbonyl (C=O) groups excluding carboxylic acids is 4. The Kier molecular flexibility index (Phi) is 11.1. The van der Waals surface area contributed by atoms with Crippen molar-refractivity contribution in [2.45, 2.75) is 36.7 Å². The van der Waals surface area contributed by atoms with Crippen LogP contribution in [0.5, 0.6) is 5.75 Å². The van der Waals surface area contributed by atoms with Gasteiger partial charge in [0.25, 0.3) is 5.91 Å². The lowest BCUT2D eigenvalue weighted by molar-refractivity contribution is -0.136. The number of hydrogen-bond acceptors (Lipinski definition) is 13. The summed E-state index contributed by atoms with van der Waals surface area (Å²) >= 11 is 1.48. The molecule has 2 aromatic heterocycles. The minimum Gasteiger partial charge on any atom is -0.496 e. The van der Waals surface area contributed by atoms with Gasteiger partial charge >= 0.3 is 0 Å². The van der Waals surface area contributed by atoms with E-state index in [1.54, 1.807) is 32.5 Å². The summed E-state index contributed by atoms with van der Waals surface area (Å²) < 4.78 is 16.7. The molecule has 3 aliphatic rings. The number of ether oxygens (including phenoxy) is 1. The molecule has 5 aromatic rings. The number of aldehydes is 1. The number of carbonyl (C=O) groups is 4. The molecule has 2 atom stereocenters. The minimum absolute atomic E-state index is 0.166. The van der Waals surface area contributed by atoms with Crippen LogP contribution in [0.1, 0.15) is 45.5 Å². The molecule has 0 bridgehead atoms. The number of amides is 3. The zero-order chi connectivity index (χ0) is 39.5. The molecular weight excluding hydrogens is 747 g/mol. The van der Waals surface area contributed by atoms with Gasteiger partial charge < -0.3 is 28.7 Å². The fraction of sp³-hybridized carbons (Fsp3) is 0.366. The molecule has 3 aliphatic heterocycles. The van der Waals surface area contributed by atoms with E-state index in [0.717, 1.165) is 73.8 Å². The minimum atomic E-state index is -0.764. The molecule has 0 radical (unpaired) electrons. The number of piperidine rings is 1. The van der Waals surface area contributed by atoms with Gasteiger partial charge in [-0.3, -0.25) is 34.1 Å². The second-order valence-corrected chi connectivity index (χ2v) is 15.6. The Balaban J connectivity index is 0.838. The van der Waals surface area contributed by atoms with Crippen LogP contribution in [0.3, 0.4) is 0 Å². The zero-order valence-corrected chi connectivity index (χ0v) is 32.7. The molecule has 2 N–H and O–H groups in total. The number of imide groups is 1. The number of likely N-dealkylation sites (N-methyl/N-ethyl adjacent to an activating group) is 1. The summed E-state index contributed by atoms with van der Waals surface area (Å²) in [5.41, 5.74) is 4.23. The quantitative estimate of drug-likeness (QED) is 0.0974. The highest BCUT2D eigenvalue weighted by Gasteiger charge is 2.34. The fourth-order valence-electron chi connectivity index (χ4n) is 8.03. The number of anilines is 3. The Morgan fingerprint density at radius 2 is 1.88 bits per heavy atom. The highest BCUT2D eigenvalue weighted by Crippen LogP contribution is 2.36. The lowest BCUT2D eigenvalue weighted by Gasteiger charge is -2.37. The SMILES string of the molecule is COc1cc(Cn2cccn2)cc2onc(NSc3cccc(N4CCN(CC5CCN(c6ccc(C=O)c(C(=O)N(C)C7CCC(=O)NC7=O)c6)C5)CC4)c3)c12. The maximum Gasteiger partial charge on any atom is 0.255 e. The zero-order valence-electron chi connectivity index (χ0n) is 31.9. The van der Waals surface area contributed by atoms with E-state index in [0.29, 0.717) is 35.9 Å². The van der Waals surface area contributed by atoms with Crippen LogP contribution in [0.2, 0.25) is 0 Å². The van der Waals surface area contributed by atoms with Gasteiger partial charge in [0.15, 0.2) is 17.7 Å². The van der Waals surface area contributed by atoms with Crippen LogP contribution in [0.25, 0.3) is 11.0 Å². The highest BCUT2D eigenvalue weighted by atomic mass is 32.2. The Morgan fingerprint density at radius 1 is 1.04 bits per heavy atom. The third kappa shape index (κ3) is 8.32. The van der Waals surface area contributed by atoms with Gasteiger partial charge in [-0.25, -0.2) is 0 Å². The number of fused-ring (bicyclic) bond motifs is 1. The van der Waals surface area contributed by atoms with E-state index >= 15 is 0 Å². The lowest BCUT2D eigenvalue weighted by atomic mass is 10.0. The maximum atomic E-state index is 13.5. The first-order valence-corrected chi connectivity index (χ1v) is 20.0. The molecular formula is C41H45N9O6S. The number of nitrogens with zero attached hydrogens (tertiary/aromatic N) is 7. The van der Waals surface area contributed by atoms with Crippen molar-refractivity contribution in [2.75, 3.05) is 74.5 Å². The molecule has 8 rings (SSSR count). The Hall–Kier alpha value is -5.87. The predicted octanol–water partition coefficient (Wildman–Crippen LogP) is 4.54. The average molecular weight is 792 g/mol. The summed E-state index contributed by atoms with van der Waals surface area (Å²) in [6.07, 6.45) is 5.79. The van der Waals surface area contributed by atoms with E-state index < -0.39 is 17.9 Å². The smallest absolute Gasteiger partial charge is 0.255 e. The Labute approximate surface area is 334 Å². The van der Waals surface area contributed by atoms with E-state index in [4.69, 9.17) is 9.26 Å². The van der Waals surface area contributed by atoms with Gasteiger partial charge in [-0.2, -0.15) is 5.10 Å². The Bertz CT molecular complexity index is 2270. The van der Waals surface area contributed by atoms with Gasteiger partial charge in [0.2, 0.25) is 11.8 Å². The number of hydrogen-bond donors (Lipinski definition) is 2. The molecule has 3 saturated heterocycles. The van der Waals surface area contributed by atoms with Crippen molar-refractivity contribution in [1.82, 2.24) is 30.1 Å². The molecule has 0 saturated carbocycles. The summed E-state index contributed by atoms with van der Waals surface area (Å²) in [5.74, 6) is 0.500. The highest BCUT2D eigenvalue weighted by molar-refractivity contribution is 8.00. The molecule has 3 aromatic carbocycles. The topological polar surface area (TPSA) is 158 Å². The van der Waals surface area contributed by atoms with Crippen LogP contribution in [0.4, 0.5) is 17.2 Å². The standard InChI is InChI=1S/C41H45N9O6S/c1-46(34-9-10-37(52)43-40(34)53)41(54)33-22-31(8-7-29(33)26-51)49-14-11-27(24-49)23-47-15-17-48(18-16-47)30-5-3-6-32(21-30)57-45-39-38-35(55-2)19-28(20-36(38)56-44-39)25-50-13-4-12-42-50/h3-8,12-13,19-22,26-27,34H,9-11,14-18,23-25H2,1-2H3,(H,44,45)(H,43,52,53). The molecule has 5 heterocycles. The summed E-state index contributed by atoms with van der Waals surface area (Å²) in [6, 6.07) is 18.9. The van der Waals surface area contributed by atoms with Gasteiger partial charge in [-0.05, 0) is 90.9 Å². The second kappa shape index (κ2) is 16.7. The summed E-state index contributed by atoms with van der Waals surface area (Å²) in [6.45, 7) is 7.04. The second-order valence-electron chi connectivity index (χ2n) is 14.8. The van der Waals surface area contributed by atoms with Crippen LogP contribution in [-0.2, 0) is 16.1 Å². The number of nitrogens with one attached hydrogen (secondary N) is 2. The van der Waals surface area contributed by atoms with Crippen molar-refractivity contribution in [2.24, 2.45) is 5.92 Å². The maximum absolute atomic E-state index is 13.5. The number of piperazine rings is 1. The molecule has 15 nitrogen and oxygen atoms in total. The van der Waals surface area contributed by atoms with Crippen LogP contribution in [0.15, 0.2) is 82.5 Å². The van der Waals surface area contributed by atoms with Crippen molar-refractivity contribution in [3.63, 3.8) is 0 Å². The van der Waals surface area contributed by atoms with E-state index in [1.807, 2.05) is 35.1 Å². The summed E-state index contributed by atoms with van der Waals surface area (Å²) in [4.78, 5) is 59.2. The summed E-state index contributed by atoms with van der Waals surface area (Å²) in [5, 5.41) is 11.7. The normalized spacial score (nSPS) is 18.8. The van der Waals surface area contributed by atoms with Gasteiger partial charge in [0.1, 0.15) is 17.2 Å². The average Bonchev–Trinajstić information content (AvgIpc) is 4.02. The first-order valence-electron chi connectivity index (χ1n) is 19.1. The number of rotatable bonds is 13. The van der Waals surface area contributed by atoms with Crippen LogP contribution >= 0.6 is 11.9 Å². The van der Waals surface area contributed by atoms with E-state index in [9.17, 15) is 19.2 Å². The molecule has 16 heteroatoms. The van der Waals surface area contributed by atoms with Crippen molar-refractivity contribution in [1.29, 1.82) is 0 Å². The number of benzene rings is 3. The molecule has 3 fully saturated rings. The fourth-order valence-corrected chi connectivity index (χ4v) is 8.71. The van der Waals surface area contributed by atoms with Gasteiger partial charge in [-0.15, -0.1) is 0 Å². The third-order valence-electron chi connectivity index (χ3n) is 11.1. The van der Waals surface area contributed by atoms with Crippen molar-refractivity contribution >= 4 is 64.1 Å². The first-order chi connectivity index (χ1) is 27.8. The van der Waals surface area contributed by atoms with Crippen molar-refractivity contribution < 1.29 is 28.4 Å². The lowest BCUT2D eigenvalue weighted by Crippen LogP contribution is -2.53. The van der Waals surface area contributed by atoms with Crippen LogP contribution < -0.4 is 24.6 Å². The van der Waals surface area contributed by atoms with E-state index in [-0.39, 0.29) is 29.9 Å². The molecule has 57 heavy (non-hydrogen) atoms. The first kappa shape index (κ1) is 38.0. The van der Waals surface area contributed by atoms with Crippen LogP contribution in [-0.4, -0.2) is 115 Å². The molecule has 2 unspecified atom stereocenters. The largest absolute Gasteiger partial charge is 0.496 e. The summed E-state index contributed by atoms with van der Waals surface area (Å²) in [7, 11) is 3.19. The van der Waals surface area contributed by atoms with Crippen molar-refractivity contribution in [3.05, 3.63) is 89.7 Å². The molecule has 296 valence electrons. The third-order valence-corrected chi connectivity index (χ3v) is 11.9. The van der Waals surface area contributed by atoms with Crippen molar-refractivity contribution in [3.8, 4) is 5.75 Å². The number of methoxy groups -OCH3 is 1. The number of aromatic nitrogens is 3. The Morgan fingerprint density at radius 3 is 2.65 bits per heavy atom. The molecule has 3 amide bonds. The van der Waals surface area contributed by atoms with E-state index in [1.165, 1.54) is 22.5 Å². The van der Waals surface area contributed by atoms with Gasteiger partial charge in [-0.1, -0.05) is 11.2 Å². The monoisotopic (exact) mass is 791 g/mol. The van der Waals surface area contributed by atoms with Gasteiger partial charge in [0, 0.05) is 93.5 Å². The van der Waals surface area contributed by atoms with Gasteiger partial charge in [0.05, 0.1) is 19.2 Å².